The first-order valence-corrected chi connectivity index (χ1v) is 4.16. The van der Waals surface area contributed by atoms with Crippen molar-refractivity contribution in [2.45, 2.75) is 0 Å². The molecule has 0 aromatic carbocycles. The Bertz CT molecular complexity index is 343. The van der Waals surface area contributed by atoms with E-state index in [1.807, 2.05) is 0 Å². The number of pyridine rings is 1. The molecule has 0 saturated heterocycles. The summed E-state index contributed by atoms with van der Waals surface area (Å²) in [6, 6.07) is 1.24. The first-order chi connectivity index (χ1) is 5.74. The maximum atomic E-state index is 12.6. The highest BCUT2D eigenvalue weighted by atomic mass is 35.5. The van der Waals surface area contributed by atoms with E-state index < -0.39 is 5.82 Å². The Morgan fingerprint density at radius 1 is 1.67 bits per heavy atom. The molecule has 0 N–H and O–H groups in total. The summed E-state index contributed by atoms with van der Waals surface area (Å²) >= 11 is 9.51. The van der Waals surface area contributed by atoms with Crippen LogP contribution >= 0.6 is 24.2 Å². The summed E-state index contributed by atoms with van der Waals surface area (Å²) in [5, 5.41) is 0.214. The fourth-order valence-electron chi connectivity index (χ4n) is 0.645. The quantitative estimate of drug-likeness (QED) is 0.386. The van der Waals surface area contributed by atoms with Gasteiger partial charge in [-0.2, -0.15) is 12.6 Å². The van der Waals surface area contributed by atoms with Gasteiger partial charge in [-0.05, 0) is 6.07 Å². The molecule has 0 bridgehead atoms. The molecular weight excluding hydrogens is 197 g/mol. The van der Waals surface area contributed by atoms with Gasteiger partial charge in [0.2, 0.25) is 0 Å². The lowest BCUT2D eigenvalue weighted by Gasteiger charge is -1.93. The third-order valence-electron chi connectivity index (χ3n) is 1.11. The zero-order valence-electron chi connectivity index (χ0n) is 6.01. The smallest absolute Gasteiger partial charge is 0.144 e. The molecule has 4 heteroatoms. The Kier molecular flexibility index (Phi) is 3.39. The molecule has 1 aromatic heterocycles. The van der Waals surface area contributed by atoms with Crippen LogP contribution in [0, 0.1) is 17.7 Å². The van der Waals surface area contributed by atoms with E-state index >= 15 is 0 Å². The van der Waals surface area contributed by atoms with Crippen molar-refractivity contribution >= 4 is 24.2 Å². The van der Waals surface area contributed by atoms with Gasteiger partial charge in [0.1, 0.15) is 11.0 Å². The molecular formula is C8H5ClFNS. The van der Waals surface area contributed by atoms with Gasteiger partial charge in [0.25, 0.3) is 0 Å². The summed E-state index contributed by atoms with van der Waals surface area (Å²) in [7, 11) is 0. The number of hydrogen-bond donors (Lipinski definition) is 1. The molecule has 1 aromatic rings. The van der Waals surface area contributed by atoms with Gasteiger partial charge in [0.15, 0.2) is 0 Å². The Morgan fingerprint density at radius 2 is 2.42 bits per heavy atom. The van der Waals surface area contributed by atoms with Crippen molar-refractivity contribution in [1.29, 1.82) is 0 Å². The van der Waals surface area contributed by atoms with Crippen LogP contribution in [0.2, 0.25) is 5.15 Å². The van der Waals surface area contributed by atoms with E-state index in [0.29, 0.717) is 11.3 Å². The van der Waals surface area contributed by atoms with Crippen molar-refractivity contribution in [1.82, 2.24) is 4.98 Å². The number of aromatic nitrogens is 1. The van der Waals surface area contributed by atoms with E-state index in [1.54, 1.807) is 0 Å². The van der Waals surface area contributed by atoms with E-state index in [1.165, 1.54) is 6.07 Å². The molecule has 0 radical (unpaired) electrons. The third-order valence-corrected chi connectivity index (χ3v) is 1.57. The minimum Gasteiger partial charge on any atom is -0.240 e. The summed E-state index contributed by atoms with van der Waals surface area (Å²) in [4.78, 5) is 3.59. The summed E-state index contributed by atoms with van der Waals surface area (Å²) in [5.74, 6) is 5.27. The van der Waals surface area contributed by atoms with Gasteiger partial charge in [0.05, 0.1) is 17.5 Å². The van der Waals surface area contributed by atoms with Crippen molar-refractivity contribution in [3.8, 4) is 11.8 Å². The summed E-state index contributed by atoms with van der Waals surface area (Å²) in [5.41, 5.74) is 0.394. The van der Waals surface area contributed by atoms with Crippen molar-refractivity contribution < 1.29 is 4.39 Å². The summed E-state index contributed by atoms with van der Waals surface area (Å²) in [6.07, 6.45) is 1.05. The standard InChI is InChI=1S/C8H5ClFNS/c9-8-6(2-1-3-12)4-7(10)5-11-8/h4-5,12H,3H2. The molecule has 1 nitrogen and oxygen atoms in total. The second-order valence-corrected chi connectivity index (χ2v) is 2.63. The molecule has 0 fully saturated rings. The Balaban J connectivity index is 3.05. The van der Waals surface area contributed by atoms with Gasteiger partial charge in [0, 0.05) is 0 Å². The van der Waals surface area contributed by atoms with Crippen LogP contribution in [0.25, 0.3) is 0 Å². The lowest BCUT2D eigenvalue weighted by Crippen LogP contribution is -1.85. The normalized spacial score (nSPS) is 8.92. The van der Waals surface area contributed by atoms with E-state index in [-0.39, 0.29) is 5.15 Å². The van der Waals surface area contributed by atoms with E-state index in [9.17, 15) is 4.39 Å². The average Bonchev–Trinajstić information content (AvgIpc) is 2.07. The Morgan fingerprint density at radius 3 is 3.08 bits per heavy atom. The zero-order valence-corrected chi connectivity index (χ0v) is 7.66. The van der Waals surface area contributed by atoms with Crippen molar-refractivity contribution in [2.75, 3.05) is 5.75 Å². The van der Waals surface area contributed by atoms with E-state index in [2.05, 4.69) is 29.5 Å². The van der Waals surface area contributed by atoms with Gasteiger partial charge in [-0.3, -0.25) is 0 Å². The number of nitrogens with zero attached hydrogens (tertiary/aromatic N) is 1. The monoisotopic (exact) mass is 201 g/mol. The molecule has 62 valence electrons. The predicted molar refractivity (Wildman–Crippen MR) is 49.9 cm³/mol. The first-order valence-electron chi connectivity index (χ1n) is 3.15. The number of hydrogen-bond acceptors (Lipinski definition) is 2. The number of halogens is 2. The second-order valence-electron chi connectivity index (χ2n) is 1.95. The molecule has 1 rings (SSSR count). The van der Waals surface area contributed by atoms with E-state index in [4.69, 9.17) is 11.6 Å². The molecule has 0 amide bonds. The fraction of sp³-hybridized carbons (Fsp3) is 0.125. The molecule has 0 aliphatic rings. The maximum Gasteiger partial charge on any atom is 0.144 e. The first kappa shape index (κ1) is 9.37. The average molecular weight is 202 g/mol. The van der Waals surface area contributed by atoms with E-state index in [0.717, 1.165) is 6.20 Å². The van der Waals surface area contributed by atoms with Gasteiger partial charge in [-0.25, -0.2) is 9.37 Å². The number of rotatable bonds is 0. The highest BCUT2D eigenvalue weighted by molar-refractivity contribution is 7.80. The molecule has 0 atom stereocenters. The van der Waals surface area contributed by atoms with Crippen LogP contribution in [-0.4, -0.2) is 10.7 Å². The SMILES string of the molecule is Fc1cnc(Cl)c(C#CCS)c1. The minimum absolute atomic E-state index is 0.214. The van der Waals surface area contributed by atoms with Crippen LogP contribution in [0.5, 0.6) is 0 Å². The fourth-order valence-corrected chi connectivity index (χ4v) is 0.875. The van der Waals surface area contributed by atoms with Gasteiger partial charge >= 0.3 is 0 Å². The molecule has 0 spiro atoms. The van der Waals surface area contributed by atoms with Crippen LogP contribution in [0.1, 0.15) is 5.56 Å². The molecule has 0 aliphatic carbocycles. The van der Waals surface area contributed by atoms with Crippen molar-refractivity contribution in [3.63, 3.8) is 0 Å². The highest BCUT2D eigenvalue weighted by Gasteiger charge is 1.99. The van der Waals surface area contributed by atoms with Crippen LogP contribution in [0.3, 0.4) is 0 Å². The number of thiol groups is 1. The Hall–Kier alpha value is -0.720. The maximum absolute atomic E-state index is 12.6. The molecule has 0 saturated carbocycles. The predicted octanol–water partition coefficient (Wildman–Crippen LogP) is 2.16. The lowest BCUT2D eigenvalue weighted by atomic mass is 10.3. The topological polar surface area (TPSA) is 12.9 Å². The van der Waals surface area contributed by atoms with Crippen molar-refractivity contribution in [3.05, 3.63) is 28.8 Å². The van der Waals surface area contributed by atoms with Crippen LogP contribution in [0.4, 0.5) is 4.39 Å². The third kappa shape index (κ3) is 2.40. The van der Waals surface area contributed by atoms with Gasteiger partial charge in [-0.1, -0.05) is 23.4 Å². The summed E-state index contributed by atoms with van der Waals surface area (Å²) in [6.45, 7) is 0. The second kappa shape index (κ2) is 4.34. The Labute approximate surface area is 80.4 Å². The molecule has 0 unspecified atom stereocenters. The van der Waals surface area contributed by atoms with Gasteiger partial charge in [-0.15, -0.1) is 0 Å². The zero-order chi connectivity index (χ0) is 8.97. The van der Waals surface area contributed by atoms with Gasteiger partial charge < -0.3 is 0 Å². The molecule has 12 heavy (non-hydrogen) atoms. The van der Waals surface area contributed by atoms with Crippen LogP contribution in [-0.2, 0) is 0 Å². The lowest BCUT2D eigenvalue weighted by molar-refractivity contribution is 0.621. The highest BCUT2D eigenvalue weighted by Crippen LogP contribution is 2.11. The van der Waals surface area contributed by atoms with Crippen LogP contribution in [0.15, 0.2) is 12.3 Å². The van der Waals surface area contributed by atoms with Crippen molar-refractivity contribution in [2.24, 2.45) is 0 Å². The molecule has 0 aliphatic heterocycles. The summed E-state index contributed by atoms with van der Waals surface area (Å²) < 4.78 is 12.6. The molecule has 1 heterocycles. The van der Waals surface area contributed by atoms with Crippen LogP contribution < -0.4 is 0 Å². The largest absolute Gasteiger partial charge is 0.240 e. The minimum atomic E-state index is -0.442.